The first-order chi connectivity index (χ1) is 14.2. The van der Waals surface area contributed by atoms with E-state index in [2.05, 4.69) is 25.2 Å². The molecule has 2 aromatic carbocycles. The van der Waals surface area contributed by atoms with E-state index < -0.39 is 29.7 Å². The number of carbonyl (C=O) groups excluding carboxylic acids is 1. The van der Waals surface area contributed by atoms with Gasteiger partial charge in [0.2, 0.25) is 0 Å². The van der Waals surface area contributed by atoms with Crippen molar-refractivity contribution in [3.8, 4) is 17.0 Å². The molecule has 0 bridgehead atoms. The molecule has 2 heterocycles. The number of fused-ring (bicyclic) bond motifs is 1. The van der Waals surface area contributed by atoms with E-state index in [1.165, 1.54) is 24.3 Å². The number of anilines is 1. The quantitative estimate of drug-likeness (QED) is 0.406. The molecule has 3 N–H and O–H groups in total. The minimum atomic E-state index is -4.88. The Morgan fingerprint density at radius 3 is 2.47 bits per heavy atom. The molecule has 0 radical (unpaired) electrons. The highest BCUT2D eigenvalue weighted by molar-refractivity contribution is 6.06. The molecule has 4 aromatic rings. The van der Waals surface area contributed by atoms with Crippen molar-refractivity contribution in [1.29, 1.82) is 0 Å². The van der Waals surface area contributed by atoms with E-state index in [0.29, 0.717) is 0 Å². The Balaban J connectivity index is 1.57. The first-order valence-corrected chi connectivity index (χ1v) is 8.39. The molecule has 0 aliphatic heterocycles. The Bertz CT molecular complexity index is 1230. The standard InChI is InChI=1S/C19H11F5N4O2/c20-10-4-9(5-11(21)6-10)14-8-17(28-27-14)26-18(29)15-7-12-13(25-15)2-1-3-16(12)30-19(22,23)24/h1-8,25H,(H2,26,27,28,29). The van der Waals surface area contributed by atoms with Crippen LogP contribution in [0.2, 0.25) is 0 Å². The van der Waals surface area contributed by atoms with Crippen LogP contribution in [0.5, 0.6) is 5.75 Å². The van der Waals surface area contributed by atoms with Gasteiger partial charge in [0.1, 0.15) is 23.1 Å². The highest BCUT2D eigenvalue weighted by atomic mass is 19.4. The number of rotatable bonds is 4. The number of alkyl halides is 3. The second-order valence-corrected chi connectivity index (χ2v) is 6.23. The normalized spacial score (nSPS) is 11.6. The Hall–Kier alpha value is -3.89. The Morgan fingerprint density at radius 1 is 1.03 bits per heavy atom. The van der Waals surface area contributed by atoms with Gasteiger partial charge >= 0.3 is 6.36 Å². The topological polar surface area (TPSA) is 82.8 Å². The second-order valence-electron chi connectivity index (χ2n) is 6.23. The maximum absolute atomic E-state index is 13.4. The minimum absolute atomic E-state index is 0.0374. The van der Waals surface area contributed by atoms with Gasteiger partial charge in [0.05, 0.1) is 5.69 Å². The molecule has 0 fully saturated rings. The summed E-state index contributed by atoms with van der Waals surface area (Å²) in [7, 11) is 0. The third-order valence-corrected chi connectivity index (χ3v) is 4.09. The fraction of sp³-hybridized carbons (Fsp3) is 0.0526. The number of nitrogens with one attached hydrogen (secondary N) is 3. The lowest BCUT2D eigenvalue weighted by Crippen LogP contribution is -2.17. The molecule has 11 heteroatoms. The van der Waals surface area contributed by atoms with Crippen molar-refractivity contribution in [3.05, 3.63) is 65.9 Å². The van der Waals surface area contributed by atoms with Crippen molar-refractivity contribution in [2.45, 2.75) is 6.36 Å². The molecule has 0 aliphatic rings. The van der Waals surface area contributed by atoms with Crippen molar-refractivity contribution in [3.63, 3.8) is 0 Å². The molecule has 6 nitrogen and oxygen atoms in total. The average molecular weight is 422 g/mol. The van der Waals surface area contributed by atoms with Gasteiger partial charge in [-0.05, 0) is 30.3 Å². The monoisotopic (exact) mass is 422 g/mol. The van der Waals surface area contributed by atoms with Crippen molar-refractivity contribution < 1.29 is 31.5 Å². The smallest absolute Gasteiger partial charge is 0.405 e. The molecule has 0 spiro atoms. The number of H-pyrrole nitrogens is 2. The summed E-state index contributed by atoms with van der Waals surface area (Å²) in [6.45, 7) is 0. The van der Waals surface area contributed by atoms with E-state index in [1.807, 2.05) is 0 Å². The van der Waals surface area contributed by atoms with E-state index >= 15 is 0 Å². The number of nitrogens with zero attached hydrogens (tertiary/aromatic N) is 1. The summed E-state index contributed by atoms with van der Waals surface area (Å²) < 4.78 is 68.3. The van der Waals surface area contributed by atoms with Gasteiger partial charge in [-0.25, -0.2) is 8.78 Å². The SMILES string of the molecule is O=C(Nc1cc(-c2cc(F)cc(F)c2)[nH]n1)c1cc2c(OC(F)(F)F)cccc2[nH]1. The van der Waals surface area contributed by atoms with Crippen LogP contribution in [0.3, 0.4) is 0 Å². The van der Waals surface area contributed by atoms with Crippen LogP contribution in [0.15, 0.2) is 48.5 Å². The van der Waals surface area contributed by atoms with Crippen LogP contribution >= 0.6 is 0 Å². The summed E-state index contributed by atoms with van der Waals surface area (Å²) in [4.78, 5) is 15.2. The molecule has 1 amide bonds. The van der Waals surface area contributed by atoms with Gasteiger partial charge in [0.25, 0.3) is 5.91 Å². The lowest BCUT2D eigenvalue weighted by Gasteiger charge is -2.09. The van der Waals surface area contributed by atoms with Crippen LogP contribution in [-0.2, 0) is 0 Å². The van der Waals surface area contributed by atoms with Crippen LogP contribution < -0.4 is 10.1 Å². The van der Waals surface area contributed by atoms with Crippen LogP contribution in [0, 0.1) is 11.6 Å². The van der Waals surface area contributed by atoms with Gasteiger partial charge in [0.15, 0.2) is 5.82 Å². The molecule has 0 atom stereocenters. The van der Waals surface area contributed by atoms with Gasteiger partial charge in [-0.3, -0.25) is 9.89 Å². The summed E-state index contributed by atoms with van der Waals surface area (Å²) in [5.41, 5.74) is 0.658. The fourth-order valence-electron chi connectivity index (χ4n) is 2.89. The van der Waals surface area contributed by atoms with Crippen molar-refractivity contribution in [2.24, 2.45) is 0 Å². The highest BCUT2D eigenvalue weighted by Gasteiger charge is 2.32. The molecule has 4 rings (SSSR count). The molecular weight excluding hydrogens is 411 g/mol. The summed E-state index contributed by atoms with van der Waals surface area (Å²) in [5.74, 6) is -2.65. The number of amides is 1. The van der Waals surface area contributed by atoms with Gasteiger partial charge in [0, 0.05) is 28.6 Å². The number of aromatic nitrogens is 3. The summed E-state index contributed by atoms with van der Waals surface area (Å²) >= 11 is 0. The van der Waals surface area contributed by atoms with E-state index in [9.17, 15) is 26.7 Å². The predicted octanol–water partition coefficient (Wildman–Crippen LogP) is 4.99. The predicted molar refractivity (Wildman–Crippen MR) is 96.9 cm³/mol. The average Bonchev–Trinajstić information content (AvgIpc) is 3.27. The zero-order chi connectivity index (χ0) is 21.5. The number of benzene rings is 2. The van der Waals surface area contributed by atoms with Crippen LogP contribution in [0.4, 0.5) is 27.8 Å². The van der Waals surface area contributed by atoms with Gasteiger partial charge in [-0.15, -0.1) is 13.2 Å². The molecule has 0 unspecified atom stereocenters. The third kappa shape index (κ3) is 4.09. The first-order valence-electron chi connectivity index (χ1n) is 8.39. The number of hydrogen-bond donors (Lipinski definition) is 3. The fourth-order valence-corrected chi connectivity index (χ4v) is 2.89. The van der Waals surface area contributed by atoms with Crippen LogP contribution in [0.1, 0.15) is 10.5 Å². The lowest BCUT2D eigenvalue weighted by molar-refractivity contribution is -0.274. The van der Waals surface area contributed by atoms with Gasteiger partial charge in [-0.1, -0.05) is 6.07 Å². The number of ether oxygens (including phenoxy) is 1. The Labute approximate surface area is 164 Å². The second kappa shape index (κ2) is 7.17. The zero-order valence-corrected chi connectivity index (χ0v) is 14.8. The highest BCUT2D eigenvalue weighted by Crippen LogP contribution is 2.31. The maximum Gasteiger partial charge on any atom is 0.573 e. The van der Waals surface area contributed by atoms with Crippen LogP contribution in [0.25, 0.3) is 22.2 Å². The molecule has 0 saturated carbocycles. The van der Waals surface area contributed by atoms with Crippen molar-refractivity contribution in [2.75, 3.05) is 5.32 Å². The van der Waals surface area contributed by atoms with E-state index in [4.69, 9.17) is 0 Å². The summed E-state index contributed by atoms with van der Waals surface area (Å²) in [6, 6.07) is 9.41. The van der Waals surface area contributed by atoms with Gasteiger partial charge in [-0.2, -0.15) is 5.10 Å². The number of hydrogen-bond acceptors (Lipinski definition) is 3. The zero-order valence-electron chi connectivity index (χ0n) is 14.8. The first kappa shape index (κ1) is 19.4. The molecule has 2 aromatic heterocycles. The molecular formula is C19H11F5N4O2. The van der Waals surface area contributed by atoms with Crippen molar-refractivity contribution in [1.82, 2.24) is 15.2 Å². The minimum Gasteiger partial charge on any atom is -0.405 e. The third-order valence-electron chi connectivity index (χ3n) is 4.09. The van der Waals surface area contributed by atoms with Crippen molar-refractivity contribution >= 4 is 22.6 Å². The number of aromatic amines is 2. The van der Waals surface area contributed by atoms with E-state index in [0.717, 1.165) is 24.3 Å². The lowest BCUT2D eigenvalue weighted by atomic mass is 10.1. The van der Waals surface area contributed by atoms with Gasteiger partial charge < -0.3 is 15.0 Å². The van der Waals surface area contributed by atoms with E-state index in [1.54, 1.807) is 0 Å². The Morgan fingerprint density at radius 2 is 1.77 bits per heavy atom. The number of halogens is 5. The summed E-state index contributed by atoms with van der Waals surface area (Å²) in [6.07, 6.45) is -4.88. The molecule has 0 aliphatic carbocycles. The molecule has 30 heavy (non-hydrogen) atoms. The van der Waals surface area contributed by atoms with Crippen LogP contribution in [-0.4, -0.2) is 27.5 Å². The Kier molecular flexibility index (Phi) is 4.65. The molecule has 0 saturated heterocycles. The van der Waals surface area contributed by atoms with E-state index in [-0.39, 0.29) is 33.7 Å². The maximum atomic E-state index is 13.4. The largest absolute Gasteiger partial charge is 0.573 e. The molecule has 154 valence electrons. The summed E-state index contributed by atoms with van der Waals surface area (Å²) in [5, 5.41) is 8.90. The number of carbonyl (C=O) groups is 1.